The minimum absolute atomic E-state index is 0.490. The molecule has 2 rings (SSSR count). The van der Waals surface area contributed by atoms with Gasteiger partial charge < -0.3 is 18.9 Å². The second-order valence-corrected chi connectivity index (χ2v) is 5.38. The van der Waals surface area contributed by atoms with Gasteiger partial charge in [-0.3, -0.25) is 10.1 Å². The smallest absolute Gasteiger partial charge is 0.235 e. The zero-order valence-electron chi connectivity index (χ0n) is 15.6. The highest BCUT2D eigenvalue weighted by molar-refractivity contribution is 5.77. The summed E-state index contributed by atoms with van der Waals surface area (Å²) in [6.07, 6.45) is 6.00. The SMILES string of the molecule is COc1ccc(/C=C/c2cc(OC)c(OC)cc2/C=C/[N+](=O)[O-])cc1OC. The van der Waals surface area contributed by atoms with Crippen LogP contribution in [0, 0.1) is 10.1 Å². The van der Waals surface area contributed by atoms with E-state index in [0.717, 1.165) is 17.3 Å². The van der Waals surface area contributed by atoms with Crippen molar-refractivity contribution in [2.75, 3.05) is 28.4 Å². The van der Waals surface area contributed by atoms with Gasteiger partial charge in [0.05, 0.1) is 33.4 Å². The Morgan fingerprint density at radius 1 is 0.741 bits per heavy atom. The van der Waals surface area contributed by atoms with Crippen LogP contribution in [0.1, 0.15) is 16.7 Å². The summed E-state index contributed by atoms with van der Waals surface area (Å²) >= 11 is 0. The largest absolute Gasteiger partial charge is 0.493 e. The monoisotopic (exact) mass is 371 g/mol. The van der Waals surface area contributed by atoms with E-state index in [0.29, 0.717) is 28.6 Å². The Hall–Kier alpha value is -3.48. The van der Waals surface area contributed by atoms with E-state index in [1.807, 2.05) is 24.3 Å². The maximum absolute atomic E-state index is 10.7. The lowest BCUT2D eigenvalue weighted by atomic mass is 10.0. The summed E-state index contributed by atoms with van der Waals surface area (Å²) < 4.78 is 21.1. The second-order valence-electron chi connectivity index (χ2n) is 5.38. The molecule has 0 atom stereocenters. The van der Waals surface area contributed by atoms with Gasteiger partial charge in [0.2, 0.25) is 6.20 Å². The summed E-state index contributed by atoms with van der Waals surface area (Å²) in [5.74, 6) is 2.27. The van der Waals surface area contributed by atoms with Crippen molar-refractivity contribution in [3.05, 3.63) is 63.3 Å². The molecule has 0 bridgehead atoms. The van der Waals surface area contributed by atoms with Gasteiger partial charge in [0.25, 0.3) is 0 Å². The van der Waals surface area contributed by atoms with Crippen LogP contribution in [0.5, 0.6) is 23.0 Å². The van der Waals surface area contributed by atoms with E-state index in [1.54, 1.807) is 32.4 Å². The highest BCUT2D eigenvalue weighted by Crippen LogP contribution is 2.33. The summed E-state index contributed by atoms with van der Waals surface area (Å²) in [5.41, 5.74) is 2.24. The maximum atomic E-state index is 10.7. The van der Waals surface area contributed by atoms with Crippen molar-refractivity contribution in [2.45, 2.75) is 0 Å². The standard InChI is InChI=1S/C20H21NO6/c1-24-17-8-6-14(11-18(17)25-2)5-7-15-12-19(26-3)20(27-4)13-16(15)9-10-21(22)23/h5-13H,1-4H3/b7-5+,10-9+. The molecule has 0 radical (unpaired) electrons. The first-order valence-corrected chi connectivity index (χ1v) is 8.00. The van der Waals surface area contributed by atoms with Crippen molar-refractivity contribution in [3.63, 3.8) is 0 Å². The molecule has 0 aliphatic rings. The second kappa shape index (κ2) is 9.28. The normalized spacial score (nSPS) is 11.0. The van der Waals surface area contributed by atoms with Crippen molar-refractivity contribution >= 4 is 18.2 Å². The molecule has 0 aliphatic carbocycles. The summed E-state index contributed by atoms with van der Waals surface area (Å²) in [4.78, 5) is 10.2. The Balaban J connectivity index is 2.46. The molecule has 0 aliphatic heterocycles. The molecule has 0 fully saturated rings. The molecule has 7 heteroatoms. The Kier molecular flexibility index (Phi) is 6.82. The van der Waals surface area contributed by atoms with Crippen LogP contribution in [0.3, 0.4) is 0 Å². The zero-order chi connectivity index (χ0) is 19.8. The molecule has 0 N–H and O–H groups in total. The number of nitro groups is 1. The van der Waals surface area contributed by atoms with Gasteiger partial charge in [0.1, 0.15) is 0 Å². The molecule has 0 unspecified atom stereocenters. The third-order valence-corrected chi connectivity index (χ3v) is 3.83. The maximum Gasteiger partial charge on any atom is 0.235 e. The Morgan fingerprint density at radius 2 is 1.26 bits per heavy atom. The van der Waals surface area contributed by atoms with Crippen LogP contribution >= 0.6 is 0 Å². The van der Waals surface area contributed by atoms with Gasteiger partial charge in [0, 0.05) is 6.08 Å². The van der Waals surface area contributed by atoms with E-state index in [4.69, 9.17) is 18.9 Å². The number of nitrogens with zero attached hydrogens (tertiary/aromatic N) is 1. The van der Waals surface area contributed by atoms with E-state index < -0.39 is 4.92 Å². The molecule has 0 saturated carbocycles. The minimum Gasteiger partial charge on any atom is -0.493 e. The zero-order valence-corrected chi connectivity index (χ0v) is 15.6. The van der Waals surface area contributed by atoms with Gasteiger partial charge in [-0.1, -0.05) is 18.2 Å². The summed E-state index contributed by atoms with van der Waals surface area (Å²) in [6, 6.07) is 8.97. The van der Waals surface area contributed by atoms with Crippen molar-refractivity contribution in [3.8, 4) is 23.0 Å². The number of methoxy groups -OCH3 is 4. The van der Waals surface area contributed by atoms with Gasteiger partial charge in [-0.05, 0) is 41.0 Å². The predicted octanol–water partition coefficient (Wildman–Crippen LogP) is 4.14. The van der Waals surface area contributed by atoms with E-state index in [2.05, 4.69) is 0 Å². The highest BCUT2D eigenvalue weighted by atomic mass is 16.6. The lowest BCUT2D eigenvalue weighted by molar-refractivity contribution is -0.400. The van der Waals surface area contributed by atoms with Crippen molar-refractivity contribution in [1.82, 2.24) is 0 Å². The van der Waals surface area contributed by atoms with E-state index >= 15 is 0 Å². The molecule has 0 aromatic heterocycles. The molecule has 0 saturated heterocycles. The van der Waals surface area contributed by atoms with Gasteiger partial charge in [-0.2, -0.15) is 0 Å². The fourth-order valence-corrected chi connectivity index (χ4v) is 2.48. The van der Waals surface area contributed by atoms with Crippen LogP contribution in [0.15, 0.2) is 36.5 Å². The Labute approximate surface area is 157 Å². The van der Waals surface area contributed by atoms with Crippen LogP contribution in [-0.4, -0.2) is 33.4 Å². The minimum atomic E-state index is -0.515. The summed E-state index contributed by atoms with van der Waals surface area (Å²) in [6.45, 7) is 0. The fraction of sp³-hybridized carbons (Fsp3) is 0.200. The first-order valence-electron chi connectivity index (χ1n) is 8.00. The summed E-state index contributed by atoms with van der Waals surface area (Å²) in [5, 5.41) is 10.7. The molecular weight excluding hydrogens is 350 g/mol. The first kappa shape index (κ1) is 19.8. The Bertz CT molecular complexity index is 873. The van der Waals surface area contributed by atoms with Crippen molar-refractivity contribution in [1.29, 1.82) is 0 Å². The number of hydrogen-bond acceptors (Lipinski definition) is 6. The van der Waals surface area contributed by atoms with Crippen LogP contribution in [0.2, 0.25) is 0 Å². The quantitative estimate of drug-likeness (QED) is 0.394. The predicted molar refractivity (Wildman–Crippen MR) is 104 cm³/mol. The molecular formula is C20H21NO6. The number of rotatable bonds is 8. The third-order valence-electron chi connectivity index (χ3n) is 3.83. The Morgan fingerprint density at radius 3 is 1.78 bits per heavy atom. The van der Waals surface area contributed by atoms with Crippen molar-refractivity contribution in [2.24, 2.45) is 0 Å². The fourth-order valence-electron chi connectivity index (χ4n) is 2.48. The molecule has 0 heterocycles. The van der Waals surface area contributed by atoms with E-state index in [1.165, 1.54) is 20.3 Å². The van der Waals surface area contributed by atoms with Crippen LogP contribution in [0.25, 0.3) is 18.2 Å². The van der Waals surface area contributed by atoms with Crippen LogP contribution in [0.4, 0.5) is 0 Å². The first-order chi connectivity index (χ1) is 13.0. The molecule has 0 spiro atoms. The van der Waals surface area contributed by atoms with Gasteiger partial charge in [-0.15, -0.1) is 0 Å². The lowest BCUT2D eigenvalue weighted by Crippen LogP contribution is -1.94. The van der Waals surface area contributed by atoms with Gasteiger partial charge >= 0.3 is 0 Å². The molecule has 142 valence electrons. The van der Waals surface area contributed by atoms with Crippen molar-refractivity contribution < 1.29 is 23.9 Å². The number of hydrogen-bond donors (Lipinski definition) is 0. The topological polar surface area (TPSA) is 80.1 Å². The molecule has 0 amide bonds. The van der Waals surface area contributed by atoms with E-state index in [9.17, 15) is 10.1 Å². The third kappa shape index (κ3) is 5.01. The van der Waals surface area contributed by atoms with Gasteiger partial charge in [0.15, 0.2) is 23.0 Å². The number of ether oxygens (including phenoxy) is 4. The van der Waals surface area contributed by atoms with Crippen LogP contribution < -0.4 is 18.9 Å². The highest BCUT2D eigenvalue weighted by Gasteiger charge is 2.09. The summed E-state index contributed by atoms with van der Waals surface area (Å²) in [7, 11) is 6.19. The van der Waals surface area contributed by atoms with Gasteiger partial charge in [-0.25, -0.2) is 0 Å². The van der Waals surface area contributed by atoms with Crippen LogP contribution in [-0.2, 0) is 0 Å². The molecule has 7 nitrogen and oxygen atoms in total. The molecule has 2 aromatic rings. The average Bonchev–Trinajstić information content (AvgIpc) is 2.69. The number of benzene rings is 2. The molecule has 27 heavy (non-hydrogen) atoms. The van der Waals surface area contributed by atoms with E-state index in [-0.39, 0.29) is 0 Å². The lowest BCUT2D eigenvalue weighted by Gasteiger charge is -2.11. The molecule has 2 aromatic carbocycles. The average molecular weight is 371 g/mol.